The summed E-state index contributed by atoms with van der Waals surface area (Å²) in [5.41, 5.74) is -1.18. The average molecular weight is 492 g/mol. The van der Waals surface area contributed by atoms with Crippen LogP contribution in [0.1, 0.15) is 39.8 Å². The number of hydrogen-bond donors (Lipinski definition) is 0. The van der Waals surface area contributed by atoms with Gasteiger partial charge in [-0.3, -0.25) is 14.4 Å². The number of carbonyl (C=O) groups excluding carboxylic acids is 3. The second kappa shape index (κ2) is 9.82. The van der Waals surface area contributed by atoms with Gasteiger partial charge in [0.1, 0.15) is 11.6 Å². The number of amides is 1. The zero-order valence-corrected chi connectivity index (χ0v) is 18.9. The molecule has 186 valence electrons. The molecule has 2 aliphatic heterocycles. The minimum atomic E-state index is -1.07. The van der Waals surface area contributed by atoms with Crippen LogP contribution in [0.25, 0.3) is 0 Å². The van der Waals surface area contributed by atoms with Crippen molar-refractivity contribution in [3.8, 4) is 5.75 Å². The average Bonchev–Trinajstić information content (AvgIpc) is 3.20. The lowest BCUT2D eigenvalue weighted by molar-refractivity contribution is 0.00208. The van der Waals surface area contributed by atoms with E-state index in [4.69, 9.17) is 9.47 Å². The number of pyridine rings is 1. The van der Waals surface area contributed by atoms with Gasteiger partial charge in [-0.1, -0.05) is 6.07 Å². The standard InChI is InChI=1S/C23H22F2N2O8/c1-12-10-33-18-9-26-8-15(17(28)6-4-13-3-5-14(24)7-16(13)25)20(29)21(19(26)22(30)27(12)18)34-11-35-23(31)32-2/h3,5,7-8,12,18H,4,6,9-11H2,1-2H3/t12-,18+/m0/s1. The molecule has 2 aromatic rings. The Bertz CT molecular complexity index is 1240. The molecule has 0 bridgehead atoms. The first-order chi connectivity index (χ1) is 16.7. The maximum Gasteiger partial charge on any atom is 0.510 e. The van der Waals surface area contributed by atoms with Crippen LogP contribution in [0.5, 0.6) is 5.75 Å². The van der Waals surface area contributed by atoms with Gasteiger partial charge < -0.3 is 28.4 Å². The first-order valence-corrected chi connectivity index (χ1v) is 10.7. The van der Waals surface area contributed by atoms with E-state index in [0.717, 1.165) is 13.2 Å². The molecule has 1 fully saturated rings. The second-order valence-electron chi connectivity index (χ2n) is 8.07. The number of rotatable bonds is 7. The fourth-order valence-electron chi connectivity index (χ4n) is 4.10. The molecule has 0 saturated carbocycles. The van der Waals surface area contributed by atoms with Gasteiger partial charge >= 0.3 is 6.16 Å². The van der Waals surface area contributed by atoms with Crippen LogP contribution in [0.4, 0.5) is 13.6 Å². The van der Waals surface area contributed by atoms with Crippen LogP contribution >= 0.6 is 0 Å². The summed E-state index contributed by atoms with van der Waals surface area (Å²) in [5, 5.41) is 0. The van der Waals surface area contributed by atoms with E-state index in [1.807, 2.05) is 0 Å². The van der Waals surface area contributed by atoms with Crippen molar-refractivity contribution in [2.45, 2.75) is 38.6 Å². The van der Waals surface area contributed by atoms with Crippen LogP contribution in [0.15, 0.2) is 29.2 Å². The molecule has 2 aliphatic rings. The number of ketones is 1. The first-order valence-electron chi connectivity index (χ1n) is 10.7. The smallest absolute Gasteiger partial charge is 0.451 e. The van der Waals surface area contributed by atoms with Crippen LogP contribution in [0.3, 0.4) is 0 Å². The van der Waals surface area contributed by atoms with Crippen molar-refractivity contribution in [2.75, 3.05) is 20.5 Å². The quantitative estimate of drug-likeness (QED) is 0.329. The van der Waals surface area contributed by atoms with E-state index in [1.165, 1.54) is 21.7 Å². The molecule has 2 atom stereocenters. The van der Waals surface area contributed by atoms with E-state index in [9.17, 15) is 28.0 Å². The molecular formula is C23H22F2N2O8. The molecule has 12 heteroatoms. The van der Waals surface area contributed by atoms with Crippen molar-refractivity contribution in [3.05, 3.63) is 63.1 Å². The number of ether oxygens (including phenoxy) is 4. The Morgan fingerprint density at radius 2 is 2.00 bits per heavy atom. The molecular weight excluding hydrogens is 470 g/mol. The molecule has 0 aliphatic carbocycles. The topological polar surface area (TPSA) is 113 Å². The van der Waals surface area contributed by atoms with Gasteiger partial charge in [-0.15, -0.1) is 0 Å². The predicted molar refractivity (Wildman–Crippen MR) is 114 cm³/mol. The molecule has 4 rings (SSSR count). The predicted octanol–water partition coefficient (Wildman–Crippen LogP) is 2.26. The second-order valence-corrected chi connectivity index (χ2v) is 8.07. The lowest BCUT2D eigenvalue weighted by Crippen LogP contribution is -2.49. The Labute approximate surface area is 197 Å². The first kappa shape index (κ1) is 24.3. The number of hydrogen-bond acceptors (Lipinski definition) is 8. The number of nitrogens with zero attached hydrogens (tertiary/aromatic N) is 2. The summed E-state index contributed by atoms with van der Waals surface area (Å²) in [4.78, 5) is 52.1. The SMILES string of the molecule is COC(=O)OCOc1c2n(cc(C(=O)CCc3ccc(F)cc3F)c1=O)C[C@H]1OC[C@H](C)N1C2=O. The molecule has 1 amide bonds. The summed E-state index contributed by atoms with van der Waals surface area (Å²) >= 11 is 0. The Kier molecular flexibility index (Phi) is 6.83. The number of benzene rings is 1. The molecule has 0 N–H and O–H groups in total. The summed E-state index contributed by atoms with van der Waals surface area (Å²) in [7, 11) is 1.08. The van der Waals surface area contributed by atoms with Gasteiger partial charge in [0.05, 0.1) is 31.9 Å². The number of carbonyl (C=O) groups is 3. The molecule has 1 aromatic heterocycles. The molecule has 0 radical (unpaired) electrons. The molecule has 0 spiro atoms. The van der Waals surface area contributed by atoms with E-state index >= 15 is 0 Å². The maximum absolute atomic E-state index is 14.0. The van der Waals surface area contributed by atoms with Crippen LogP contribution < -0.4 is 10.2 Å². The lowest BCUT2D eigenvalue weighted by atomic mass is 10.0. The highest BCUT2D eigenvalue weighted by molar-refractivity contribution is 6.00. The summed E-state index contributed by atoms with van der Waals surface area (Å²) in [6.45, 7) is 1.48. The fraction of sp³-hybridized carbons (Fsp3) is 0.391. The van der Waals surface area contributed by atoms with Crippen LogP contribution in [-0.2, 0) is 27.2 Å². The molecule has 0 unspecified atom stereocenters. The Morgan fingerprint density at radius 3 is 2.71 bits per heavy atom. The monoisotopic (exact) mass is 492 g/mol. The minimum Gasteiger partial charge on any atom is -0.451 e. The molecule has 3 heterocycles. The Hall–Kier alpha value is -3.80. The van der Waals surface area contributed by atoms with Gasteiger partial charge in [0.15, 0.2) is 17.7 Å². The van der Waals surface area contributed by atoms with E-state index in [2.05, 4.69) is 9.47 Å². The number of halogens is 2. The molecule has 10 nitrogen and oxygen atoms in total. The van der Waals surface area contributed by atoms with Crippen LogP contribution in [0.2, 0.25) is 0 Å². The Morgan fingerprint density at radius 1 is 1.23 bits per heavy atom. The van der Waals surface area contributed by atoms with Gasteiger partial charge in [0.2, 0.25) is 18.0 Å². The third kappa shape index (κ3) is 4.74. The summed E-state index contributed by atoms with van der Waals surface area (Å²) in [5.74, 6) is -3.19. The highest BCUT2D eigenvalue weighted by Gasteiger charge is 2.43. The number of aromatic nitrogens is 1. The normalized spacial score (nSPS) is 18.6. The van der Waals surface area contributed by atoms with Crippen molar-refractivity contribution in [2.24, 2.45) is 0 Å². The van der Waals surface area contributed by atoms with Crippen molar-refractivity contribution < 1.29 is 42.1 Å². The third-order valence-electron chi connectivity index (χ3n) is 5.83. The molecule has 1 aromatic carbocycles. The van der Waals surface area contributed by atoms with Crippen molar-refractivity contribution in [1.82, 2.24) is 9.47 Å². The van der Waals surface area contributed by atoms with E-state index in [1.54, 1.807) is 6.92 Å². The van der Waals surface area contributed by atoms with E-state index < -0.39 is 53.7 Å². The van der Waals surface area contributed by atoms with E-state index in [-0.39, 0.29) is 42.2 Å². The van der Waals surface area contributed by atoms with Crippen molar-refractivity contribution in [1.29, 1.82) is 0 Å². The van der Waals surface area contributed by atoms with Crippen LogP contribution in [-0.4, -0.2) is 60.1 Å². The van der Waals surface area contributed by atoms with Gasteiger partial charge in [-0.2, -0.15) is 0 Å². The number of Topliss-reactive ketones (excluding diaryl/α,β-unsaturated/α-hetero) is 1. The van der Waals surface area contributed by atoms with Crippen molar-refractivity contribution >= 4 is 17.8 Å². The summed E-state index contributed by atoms with van der Waals surface area (Å²) < 4.78 is 48.5. The highest BCUT2D eigenvalue weighted by Crippen LogP contribution is 2.30. The molecule has 1 saturated heterocycles. The van der Waals surface area contributed by atoms with Gasteiger partial charge in [0, 0.05) is 18.7 Å². The molecule has 35 heavy (non-hydrogen) atoms. The maximum atomic E-state index is 14.0. The Balaban J connectivity index is 1.67. The zero-order valence-electron chi connectivity index (χ0n) is 18.9. The number of fused-ring (bicyclic) bond motifs is 2. The zero-order chi connectivity index (χ0) is 25.3. The highest BCUT2D eigenvalue weighted by atomic mass is 19.1. The summed E-state index contributed by atoms with van der Waals surface area (Å²) in [6.07, 6.45) is -0.754. The van der Waals surface area contributed by atoms with Gasteiger partial charge in [0.25, 0.3) is 5.91 Å². The van der Waals surface area contributed by atoms with Gasteiger partial charge in [-0.05, 0) is 25.0 Å². The van der Waals surface area contributed by atoms with E-state index in [0.29, 0.717) is 12.7 Å². The fourth-order valence-corrected chi connectivity index (χ4v) is 4.10. The number of aryl methyl sites for hydroxylation is 1. The summed E-state index contributed by atoms with van der Waals surface area (Å²) in [6, 6.07) is 2.76. The van der Waals surface area contributed by atoms with Crippen molar-refractivity contribution in [3.63, 3.8) is 0 Å². The lowest BCUT2D eigenvalue weighted by Gasteiger charge is -2.34. The largest absolute Gasteiger partial charge is 0.510 e. The van der Waals surface area contributed by atoms with Crippen LogP contribution in [0, 0.1) is 11.6 Å². The van der Waals surface area contributed by atoms with Gasteiger partial charge in [-0.25, -0.2) is 13.6 Å². The third-order valence-corrected chi connectivity index (χ3v) is 5.83. The number of methoxy groups -OCH3 is 1. The minimum absolute atomic E-state index is 0.0796.